The number of nitrogens with zero attached hydrogens (tertiary/aromatic N) is 3. The molecule has 0 bridgehead atoms. The molecule has 0 saturated heterocycles. The molecule has 2 N–H and O–H groups in total. The van der Waals surface area contributed by atoms with Gasteiger partial charge >= 0.3 is 5.97 Å². The van der Waals surface area contributed by atoms with Gasteiger partial charge in [0.2, 0.25) is 0 Å². The zero-order chi connectivity index (χ0) is 10.8. The van der Waals surface area contributed by atoms with Crippen LogP contribution in [0.3, 0.4) is 0 Å². The molecule has 0 fully saturated rings. The van der Waals surface area contributed by atoms with Gasteiger partial charge in [-0.25, -0.2) is 0 Å². The molecule has 0 saturated carbocycles. The highest BCUT2D eigenvalue weighted by Gasteiger charge is 2.08. The first-order chi connectivity index (χ1) is 6.66. The molecule has 6 nitrogen and oxygen atoms in total. The van der Waals surface area contributed by atoms with Gasteiger partial charge in [0, 0.05) is 11.5 Å². The van der Waals surface area contributed by atoms with Crippen LogP contribution in [0, 0.1) is 0 Å². The van der Waals surface area contributed by atoms with E-state index >= 15 is 0 Å². The van der Waals surface area contributed by atoms with Crippen molar-refractivity contribution in [3.63, 3.8) is 0 Å². The van der Waals surface area contributed by atoms with E-state index in [9.17, 15) is 4.79 Å². The highest BCUT2D eigenvalue weighted by atomic mass is 16.4. The largest absolute Gasteiger partial charge is 0.481 e. The summed E-state index contributed by atoms with van der Waals surface area (Å²) in [6.07, 6.45) is 1.92. The van der Waals surface area contributed by atoms with Crippen molar-refractivity contribution < 1.29 is 15.0 Å². The molecule has 1 atom stereocenters. The molecule has 0 rings (SSSR count). The molecule has 0 aliphatic carbocycles. The SMILES string of the molecule is [N-]=[N+]=NCCCCC[C@@H](O)CC(=O)O. The number of aliphatic hydroxyl groups excluding tert-OH is 1. The van der Waals surface area contributed by atoms with Crippen molar-refractivity contribution in [1.82, 2.24) is 0 Å². The van der Waals surface area contributed by atoms with Crippen LogP contribution in [0.5, 0.6) is 0 Å². The number of unbranched alkanes of at least 4 members (excludes halogenated alkanes) is 2. The van der Waals surface area contributed by atoms with Crippen LogP contribution >= 0.6 is 0 Å². The topological polar surface area (TPSA) is 106 Å². The number of aliphatic carboxylic acids is 1. The van der Waals surface area contributed by atoms with Gasteiger partial charge in [-0.1, -0.05) is 18.0 Å². The maximum Gasteiger partial charge on any atom is 0.305 e. The third kappa shape index (κ3) is 8.83. The molecular formula is C8H15N3O3. The summed E-state index contributed by atoms with van der Waals surface area (Å²) in [7, 11) is 0. The standard InChI is InChI=1S/C8H15N3O3/c9-11-10-5-3-1-2-4-7(12)6-8(13)14/h7,12H,1-6H2,(H,13,14)/t7-/m1/s1. The van der Waals surface area contributed by atoms with E-state index < -0.39 is 12.1 Å². The van der Waals surface area contributed by atoms with E-state index in [2.05, 4.69) is 10.0 Å². The lowest BCUT2D eigenvalue weighted by Crippen LogP contribution is -2.12. The average Bonchev–Trinajstić information content (AvgIpc) is 2.10. The van der Waals surface area contributed by atoms with Gasteiger partial charge in [-0.2, -0.15) is 0 Å². The van der Waals surface area contributed by atoms with E-state index in [1.165, 1.54) is 0 Å². The van der Waals surface area contributed by atoms with E-state index in [1.807, 2.05) is 0 Å². The third-order valence-electron chi connectivity index (χ3n) is 1.77. The number of azide groups is 1. The highest BCUT2D eigenvalue weighted by molar-refractivity contribution is 5.67. The zero-order valence-corrected chi connectivity index (χ0v) is 7.96. The fourth-order valence-corrected chi connectivity index (χ4v) is 1.09. The molecule has 0 aliphatic heterocycles. The lowest BCUT2D eigenvalue weighted by Gasteiger charge is -2.06. The Kier molecular flexibility index (Phi) is 7.59. The average molecular weight is 201 g/mol. The summed E-state index contributed by atoms with van der Waals surface area (Å²) in [6.45, 7) is 0.464. The van der Waals surface area contributed by atoms with E-state index in [0.29, 0.717) is 13.0 Å². The number of carboxylic acids is 1. The van der Waals surface area contributed by atoms with Crippen molar-refractivity contribution in [2.45, 2.75) is 38.2 Å². The monoisotopic (exact) mass is 201 g/mol. The minimum absolute atomic E-state index is 0.198. The van der Waals surface area contributed by atoms with Crippen molar-refractivity contribution >= 4 is 5.97 Å². The summed E-state index contributed by atoms with van der Waals surface area (Å²) in [6, 6.07) is 0. The van der Waals surface area contributed by atoms with E-state index in [0.717, 1.165) is 19.3 Å². The zero-order valence-electron chi connectivity index (χ0n) is 7.96. The maximum absolute atomic E-state index is 10.2. The molecule has 0 aromatic carbocycles. The molecule has 0 amide bonds. The maximum atomic E-state index is 10.2. The quantitative estimate of drug-likeness (QED) is 0.270. The van der Waals surface area contributed by atoms with Gasteiger partial charge < -0.3 is 10.2 Å². The molecule has 0 radical (unpaired) electrons. The highest BCUT2D eigenvalue weighted by Crippen LogP contribution is 2.06. The van der Waals surface area contributed by atoms with Crippen LogP contribution < -0.4 is 0 Å². The Morgan fingerprint density at radius 2 is 2.14 bits per heavy atom. The van der Waals surface area contributed by atoms with E-state index in [1.54, 1.807) is 0 Å². The first kappa shape index (κ1) is 12.7. The van der Waals surface area contributed by atoms with Crippen LogP contribution in [-0.2, 0) is 4.79 Å². The van der Waals surface area contributed by atoms with Crippen molar-refractivity contribution in [3.05, 3.63) is 10.4 Å². The number of hydrogen-bond acceptors (Lipinski definition) is 3. The summed E-state index contributed by atoms with van der Waals surface area (Å²) in [4.78, 5) is 12.8. The third-order valence-corrected chi connectivity index (χ3v) is 1.77. The van der Waals surface area contributed by atoms with Crippen molar-refractivity contribution in [3.8, 4) is 0 Å². The molecular weight excluding hydrogens is 186 g/mol. The summed E-state index contributed by atoms with van der Waals surface area (Å²) in [5.41, 5.74) is 7.96. The fourth-order valence-electron chi connectivity index (χ4n) is 1.09. The lowest BCUT2D eigenvalue weighted by molar-refractivity contribution is -0.139. The van der Waals surface area contributed by atoms with Crippen LogP contribution in [-0.4, -0.2) is 28.8 Å². The first-order valence-corrected chi connectivity index (χ1v) is 4.57. The Hall–Kier alpha value is -1.26. The Balaban J connectivity index is 3.26. The van der Waals surface area contributed by atoms with Crippen LogP contribution in [0.1, 0.15) is 32.1 Å². The summed E-state index contributed by atoms with van der Waals surface area (Å²) >= 11 is 0. The number of aliphatic hydroxyl groups is 1. The number of hydrogen-bond donors (Lipinski definition) is 2. The number of rotatable bonds is 8. The second kappa shape index (κ2) is 8.34. The van der Waals surface area contributed by atoms with Gasteiger partial charge in [-0.3, -0.25) is 4.79 Å². The molecule has 0 spiro atoms. The fraction of sp³-hybridized carbons (Fsp3) is 0.875. The second-order valence-electron chi connectivity index (χ2n) is 3.06. The van der Waals surface area contributed by atoms with Gasteiger partial charge in [-0.05, 0) is 18.4 Å². The van der Waals surface area contributed by atoms with Crippen molar-refractivity contribution in [2.75, 3.05) is 6.54 Å². The summed E-state index contributed by atoms with van der Waals surface area (Å²) in [5.74, 6) is -0.980. The number of carboxylic acid groups (broad SMARTS) is 1. The lowest BCUT2D eigenvalue weighted by atomic mass is 10.1. The predicted molar refractivity (Wildman–Crippen MR) is 50.7 cm³/mol. The molecule has 6 heteroatoms. The van der Waals surface area contributed by atoms with Gasteiger partial charge in [-0.15, -0.1) is 0 Å². The smallest absolute Gasteiger partial charge is 0.305 e. The van der Waals surface area contributed by atoms with E-state index in [-0.39, 0.29) is 6.42 Å². The normalized spacial score (nSPS) is 11.8. The van der Waals surface area contributed by atoms with Crippen molar-refractivity contribution in [1.29, 1.82) is 0 Å². The van der Waals surface area contributed by atoms with E-state index in [4.69, 9.17) is 15.7 Å². The van der Waals surface area contributed by atoms with Crippen LogP contribution in [0.4, 0.5) is 0 Å². The van der Waals surface area contributed by atoms with Gasteiger partial charge in [0.1, 0.15) is 0 Å². The van der Waals surface area contributed by atoms with Crippen molar-refractivity contribution in [2.24, 2.45) is 5.11 Å². The van der Waals surface area contributed by atoms with Gasteiger partial charge in [0.05, 0.1) is 12.5 Å². The Morgan fingerprint density at radius 1 is 1.43 bits per heavy atom. The summed E-state index contributed by atoms with van der Waals surface area (Å²) < 4.78 is 0. The Bertz CT molecular complexity index is 214. The van der Waals surface area contributed by atoms with Crippen LogP contribution in [0.2, 0.25) is 0 Å². The van der Waals surface area contributed by atoms with Crippen LogP contribution in [0.25, 0.3) is 10.4 Å². The minimum atomic E-state index is -0.980. The minimum Gasteiger partial charge on any atom is -0.481 e. The molecule has 0 aromatic heterocycles. The Morgan fingerprint density at radius 3 is 2.71 bits per heavy atom. The van der Waals surface area contributed by atoms with Crippen LogP contribution in [0.15, 0.2) is 5.11 Å². The molecule has 0 heterocycles. The van der Waals surface area contributed by atoms with Gasteiger partial charge in [0.25, 0.3) is 0 Å². The predicted octanol–water partition coefficient (Wildman–Crippen LogP) is 1.69. The molecule has 0 unspecified atom stereocenters. The second-order valence-corrected chi connectivity index (χ2v) is 3.06. The Labute approximate surface area is 82.2 Å². The molecule has 80 valence electrons. The van der Waals surface area contributed by atoms with Gasteiger partial charge in [0.15, 0.2) is 0 Å². The molecule has 0 aromatic rings. The summed E-state index contributed by atoms with van der Waals surface area (Å²) in [5, 5.41) is 20.9. The number of carbonyl (C=O) groups is 1. The first-order valence-electron chi connectivity index (χ1n) is 4.57. The molecule has 0 aliphatic rings. The molecule has 14 heavy (non-hydrogen) atoms.